The van der Waals surface area contributed by atoms with Crippen molar-refractivity contribution in [1.82, 2.24) is 9.80 Å². The molecule has 2 fully saturated rings. The fraction of sp³-hybridized carbons (Fsp3) is 0.484. The van der Waals surface area contributed by atoms with E-state index in [0.717, 1.165) is 36.2 Å². The van der Waals surface area contributed by atoms with Crippen molar-refractivity contribution in [3.63, 3.8) is 0 Å². The molecular formula is C31H40N2O5. The van der Waals surface area contributed by atoms with Crippen LogP contribution in [0.1, 0.15) is 62.4 Å². The maximum atomic E-state index is 13.4. The zero-order valence-electron chi connectivity index (χ0n) is 23.3. The molecular weight excluding hydrogens is 480 g/mol. The molecule has 1 atom stereocenters. The van der Waals surface area contributed by atoms with Gasteiger partial charge in [0.05, 0.1) is 31.4 Å². The molecule has 0 aliphatic carbocycles. The number of hydrogen-bond donors (Lipinski definition) is 1. The highest BCUT2D eigenvalue weighted by molar-refractivity contribution is 6.46. The molecule has 1 N–H and O–H groups in total. The number of carbonyl (C=O) groups is 2. The number of rotatable bonds is 8. The average Bonchev–Trinajstić information content (AvgIpc) is 3.15. The van der Waals surface area contributed by atoms with E-state index < -0.39 is 17.7 Å². The second kappa shape index (κ2) is 11.7. The molecule has 204 valence electrons. The van der Waals surface area contributed by atoms with Gasteiger partial charge in [-0.15, -0.1) is 0 Å². The van der Waals surface area contributed by atoms with Crippen LogP contribution in [0.25, 0.3) is 5.76 Å². The molecule has 7 heteroatoms. The summed E-state index contributed by atoms with van der Waals surface area (Å²) in [6.07, 6.45) is 0.892. The highest BCUT2D eigenvalue weighted by atomic mass is 16.5. The number of aliphatic hydroxyl groups excluding tert-OH is 1. The molecule has 2 aromatic rings. The van der Waals surface area contributed by atoms with Gasteiger partial charge >= 0.3 is 0 Å². The Hall–Kier alpha value is -3.16. The Morgan fingerprint density at radius 3 is 2.34 bits per heavy atom. The summed E-state index contributed by atoms with van der Waals surface area (Å²) in [6.45, 7) is 14.9. The van der Waals surface area contributed by atoms with Crippen LogP contribution in [0.15, 0.2) is 48.0 Å². The van der Waals surface area contributed by atoms with E-state index in [4.69, 9.17) is 9.47 Å². The number of likely N-dealkylation sites (tertiary alicyclic amines) is 1. The highest BCUT2D eigenvalue weighted by Crippen LogP contribution is 2.40. The molecule has 0 spiro atoms. The van der Waals surface area contributed by atoms with E-state index in [2.05, 4.69) is 25.7 Å². The van der Waals surface area contributed by atoms with Crippen LogP contribution in [-0.4, -0.2) is 72.6 Å². The standard InChI is InChI=1S/C31H40N2O5/c1-6-17-38-24-11-12-25(21(2)20-24)28(34)26-27(22-7-9-23(10-8-22)31(3,4)5)33(30(36)29(26)35)14-13-32-15-18-37-19-16-32/h7-12,20,27,34H,6,13-19H2,1-5H3/t27-/m0/s1. The minimum atomic E-state index is -0.666. The molecule has 0 saturated carbocycles. The van der Waals surface area contributed by atoms with Crippen molar-refractivity contribution in [3.05, 3.63) is 70.3 Å². The Kier molecular flexibility index (Phi) is 8.58. The van der Waals surface area contributed by atoms with E-state index in [9.17, 15) is 14.7 Å². The number of amides is 1. The van der Waals surface area contributed by atoms with Crippen LogP contribution in [0.4, 0.5) is 0 Å². The smallest absolute Gasteiger partial charge is 0.295 e. The summed E-state index contributed by atoms with van der Waals surface area (Å²) in [6, 6.07) is 12.8. The van der Waals surface area contributed by atoms with Gasteiger partial charge in [-0.25, -0.2) is 0 Å². The third-order valence-electron chi connectivity index (χ3n) is 7.32. The van der Waals surface area contributed by atoms with Crippen molar-refractivity contribution in [2.45, 2.75) is 52.5 Å². The number of aryl methyl sites for hydroxylation is 1. The summed E-state index contributed by atoms with van der Waals surface area (Å²) in [4.78, 5) is 30.7. The Balaban J connectivity index is 1.74. The Morgan fingerprint density at radius 1 is 1.05 bits per heavy atom. The fourth-order valence-corrected chi connectivity index (χ4v) is 5.05. The normalized spacial score (nSPS) is 20.2. The third kappa shape index (κ3) is 5.94. The molecule has 0 unspecified atom stereocenters. The summed E-state index contributed by atoms with van der Waals surface area (Å²) in [7, 11) is 0. The molecule has 4 rings (SSSR count). The maximum Gasteiger partial charge on any atom is 0.295 e. The Bertz CT molecular complexity index is 1190. The van der Waals surface area contributed by atoms with Crippen LogP contribution in [0, 0.1) is 6.92 Å². The number of nitrogens with zero attached hydrogens (tertiary/aromatic N) is 2. The van der Waals surface area contributed by atoms with Gasteiger partial charge in [-0.3, -0.25) is 14.5 Å². The number of hydrogen-bond acceptors (Lipinski definition) is 6. The zero-order chi connectivity index (χ0) is 27.4. The van der Waals surface area contributed by atoms with Gasteiger partial charge in [0.2, 0.25) is 0 Å². The first-order valence-corrected chi connectivity index (χ1v) is 13.5. The monoisotopic (exact) mass is 520 g/mol. The lowest BCUT2D eigenvalue weighted by molar-refractivity contribution is -0.140. The highest BCUT2D eigenvalue weighted by Gasteiger charge is 2.46. The molecule has 2 aromatic carbocycles. The van der Waals surface area contributed by atoms with Crippen molar-refractivity contribution in [3.8, 4) is 5.75 Å². The number of ether oxygens (including phenoxy) is 2. The van der Waals surface area contributed by atoms with Crippen molar-refractivity contribution >= 4 is 17.4 Å². The maximum absolute atomic E-state index is 13.4. The van der Waals surface area contributed by atoms with E-state index in [0.29, 0.717) is 44.2 Å². The second-order valence-electron chi connectivity index (χ2n) is 11.1. The van der Waals surface area contributed by atoms with Gasteiger partial charge in [0.1, 0.15) is 11.5 Å². The first kappa shape index (κ1) is 27.9. The first-order valence-electron chi connectivity index (χ1n) is 13.5. The molecule has 2 heterocycles. The van der Waals surface area contributed by atoms with Gasteiger partial charge in [-0.05, 0) is 53.6 Å². The number of Topliss-reactive ketones (excluding diaryl/α,β-unsaturated/α-hetero) is 1. The van der Waals surface area contributed by atoms with E-state index in [1.54, 1.807) is 17.0 Å². The summed E-state index contributed by atoms with van der Waals surface area (Å²) < 4.78 is 11.2. The number of benzene rings is 2. The number of ketones is 1. The molecule has 2 aliphatic rings. The summed E-state index contributed by atoms with van der Waals surface area (Å²) >= 11 is 0. The largest absolute Gasteiger partial charge is 0.507 e. The predicted octanol–water partition coefficient (Wildman–Crippen LogP) is 4.84. The lowest BCUT2D eigenvalue weighted by Gasteiger charge is -2.31. The van der Waals surface area contributed by atoms with E-state index >= 15 is 0 Å². The minimum Gasteiger partial charge on any atom is -0.507 e. The summed E-state index contributed by atoms with van der Waals surface area (Å²) in [5.74, 6) is -0.673. The predicted molar refractivity (Wildman–Crippen MR) is 148 cm³/mol. The van der Waals surface area contributed by atoms with Gasteiger partial charge in [0, 0.05) is 31.7 Å². The van der Waals surface area contributed by atoms with Gasteiger partial charge in [-0.1, -0.05) is 52.0 Å². The first-order chi connectivity index (χ1) is 18.1. The molecule has 1 amide bonds. The molecule has 2 saturated heterocycles. The average molecular weight is 521 g/mol. The lowest BCUT2D eigenvalue weighted by atomic mass is 9.85. The quantitative estimate of drug-likeness (QED) is 0.305. The second-order valence-corrected chi connectivity index (χ2v) is 11.1. The van der Waals surface area contributed by atoms with E-state index in [1.807, 2.05) is 44.2 Å². The van der Waals surface area contributed by atoms with Crippen molar-refractivity contribution in [2.24, 2.45) is 0 Å². The number of carbonyl (C=O) groups excluding carboxylic acids is 2. The molecule has 0 bridgehead atoms. The third-order valence-corrected chi connectivity index (χ3v) is 7.32. The van der Waals surface area contributed by atoms with Crippen molar-refractivity contribution in [1.29, 1.82) is 0 Å². The van der Waals surface area contributed by atoms with Gasteiger partial charge < -0.3 is 19.5 Å². The van der Waals surface area contributed by atoms with E-state index in [-0.39, 0.29) is 16.7 Å². The molecule has 38 heavy (non-hydrogen) atoms. The van der Waals surface area contributed by atoms with Crippen LogP contribution in [0.2, 0.25) is 0 Å². The zero-order valence-corrected chi connectivity index (χ0v) is 23.3. The molecule has 0 radical (unpaired) electrons. The SMILES string of the molecule is CCCOc1ccc(C(O)=C2C(=O)C(=O)N(CCN3CCOCC3)[C@H]2c2ccc(C(C)(C)C)cc2)c(C)c1. The van der Waals surface area contributed by atoms with Crippen LogP contribution < -0.4 is 4.74 Å². The van der Waals surface area contributed by atoms with Gasteiger partial charge in [-0.2, -0.15) is 0 Å². The Morgan fingerprint density at radius 2 is 1.74 bits per heavy atom. The minimum absolute atomic E-state index is 0.0324. The molecule has 7 nitrogen and oxygen atoms in total. The van der Waals surface area contributed by atoms with Crippen molar-refractivity contribution < 1.29 is 24.2 Å². The van der Waals surface area contributed by atoms with E-state index in [1.165, 1.54) is 0 Å². The fourth-order valence-electron chi connectivity index (χ4n) is 5.05. The number of morpholine rings is 1. The van der Waals surface area contributed by atoms with Crippen LogP contribution >= 0.6 is 0 Å². The number of aliphatic hydroxyl groups is 1. The summed E-state index contributed by atoms with van der Waals surface area (Å²) in [5, 5.41) is 11.5. The van der Waals surface area contributed by atoms with Crippen LogP contribution in [-0.2, 0) is 19.7 Å². The Labute approximate surface area is 226 Å². The van der Waals surface area contributed by atoms with Crippen LogP contribution in [0.5, 0.6) is 5.75 Å². The van der Waals surface area contributed by atoms with Gasteiger partial charge in [0.25, 0.3) is 11.7 Å². The van der Waals surface area contributed by atoms with Gasteiger partial charge in [0.15, 0.2) is 0 Å². The topological polar surface area (TPSA) is 79.3 Å². The van der Waals surface area contributed by atoms with Crippen molar-refractivity contribution in [2.75, 3.05) is 46.0 Å². The summed E-state index contributed by atoms with van der Waals surface area (Å²) in [5.41, 5.74) is 3.36. The molecule has 0 aromatic heterocycles. The molecule has 2 aliphatic heterocycles. The van der Waals surface area contributed by atoms with Crippen LogP contribution in [0.3, 0.4) is 0 Å². The lowest BCUT2D eigenvalue weighted by Crippen LogP contribution is -2.42.